The zero-order chi connectivity index (χ0) is 16.4. The molecule has 1 rings (SSSR count). The second-order valence-corrected chi connectivity index (χ2v) is 7.08. The fraction of sp³-hybridized carbons (Fsp3) is 0.500. The largest absolute Gasteiger partial charge is 0.417 e. The van der Waals surface area contributed by atoms with Crippen LogP contribution in [-0.4, -0.2) is 33.5 Å². The van der Waals surface area contributed by atoms with E-state index in [9.17, 15) is 21.6 Å². The summed E-state index contributed by atoms with van der Waals surface area (Å²) in [4.78, 5) is 0.753. The zero-order valence-electron chi connectivity index (χ0n) is 11.8. The second-order valence-electron chi connectivity index (χ2n) is 4.64. The van der Waals surface area contributed by atoms with Crippen molar-refractivity contribution in [2.24, 2.45) is 5.14 Å². The lowest BCUT2D eigenvalue weighted by atomic mass is 10.1. The van der Waals surface area contributed by atoms with Crippen molar-refractivity contribution in [1.82, 2.24) is 0 Å². The quantitative estimate of drug-likeness (QED) is 0.893. The van der Waals surface area contributed by atoms with Crippen LogP contribution in [0, 0.1) is 0 Å². The van der Waals surface area contributed by atoms with Gasteiger partial charge in [-0.2, -0.15) is 24.9 Å². The van der Waals surface area contributed by atoms with Gasteiger partial charge >= 0.3 is 6.18 Å². The molecule has 2 N–H and O–H groups in total. The topological polar surface area (TPSA) is 63.4 Å². The lowest BCUT2D eigenvalue weighted by Gasteiger charge is -2.27. The summed E-state index contributed by atoms with van der Waals surface area (Å²) < 4.78 is 61.6. The predicted octanol–water partition coefficient (Wildman–Crippen LogP) is 2.54. The smallest absolute Gasteiger partial charge is 0.371 e. The number of rotatable bonds is 5. The highest BCUT2D eigenvalue weighted by Crippen LogP contribution is 2.36. The maximum absolute atomic E-state index is 13.0. The number of hydrogen-bond acceptors (Lipinski definition) is 4. The van der Waals surface area contributed by atoms with Gasteiger partial charge in [0.2, 0.25) is 10.0 Å². The standard InChI is InChI=1S/C12H17F3N2O2S2/c1-8(7-20-3)17(2)9-4-5-11(21(16,18)19)10(6-9)12(13,14)15/h4-6,8H,7H2,1-3H3,(H2,16,18,19). The molecule has 1 aromatic rings. The van der Waals surface area contributed by atoms with Crippen molar-refractivity contribution in [3.8, 4) is 0 Å². The Morgan fingerprint density at radius 3 is 2.38 bits per heavy atom. The number of alkyl halides is 3. The number of nitrogens with zero attached hydrogens (tertiary/aromatic N) is 1. The first-order valence-corrected chi connectivity index (χ1v) is 8.88. The van der Waals surface area contributed by atoms with Gasteiger partial charge in [0.25, 0.3) is 0 Å². The fourth-order valence-corrected chi connectivity index (χ4v) is 3.26. The van der Waals surface area contributed by atoms with E-state index in [-0.39, 0.29) is 11.7 Å². The highest BCUT2D eigenvalue weighted by molar-refractivity contribution is 7.98. The van der Waals surface area contributed by atoms with E-state index in [2.05, 4.69) is 0 Å². The van der Waals surface area contributed by atoms with E-state index in [1.54, 1.807) is 23.7 Å². The van der Waals surface area contributed by atoms with Crippen molar-refractivity contribution in [3.63, 3.8) is 0 Å². The monoisotopic (exact) mass is 342 g/mol. The number of thioether (sulfide) groups is 1. The molecule has 1 atom stereocenters. The third-order valence-electron chi connectivity index (χ3n) is 3.05. The van der Waals surface area contributed by atoms with Crippen LogP contribution < -0.4 is 10.0 Å². The van der Waals surface area contributed by atoms with Crippen LogP contribution >= 0.6 is 11.8 Å². The number of benzene rings is 1. The molecule has 1 unspecified atom stereocenters. The number of halogens is 3. The third-order valence-corrected chi connectivity index (χ3v) is 4.84. The van der Waals surface area contributed by atoms with Crippen molar-refractivity contribution in [3.05, 3.63) is 23.8 Å². The Labute approximate surface area is 126 Å². The minimum absolute atomic E-state index is 0.00131. The van der Waals surface area contributed by atoms with Crippen LogP contribution in [0.3, 0.4) is 0 Å². The molecular formula is C12H17F3N2O2S2. The first kappa shape index (κ1) is 18.1. The van der Waals surface area contributed by atoms with E-state index < -0.39 is 26.7 Å². The number of nitrogens with two attached hydrogens (primary N) is 1. The lowest BCUT2D eigenvalue weighted by molar-refractivity contribution is -0.139. The van der Waals surface area contributed by atoms with E-state index in [1.165, 1.54) is 6.07 Å². The van der Waals surface area contributed by atoms with E-state index in [4.69, 9.17) is 5.14 Å². The molecule has 0 bridgehead atoms. The van der Waals surface area contributed by atoms with Gasteiger partial charge < -0.3 is 4.90 Å². The zero-order valence-corrected chi connectivity index (χ0v) is 13.4. The molecule has 0 aliphatic carbocycles. The highest BCUT2D eigenvalue weighted by Gasteiger charge is 2.37. The summed E-state index contributed by atoms with van der Waals surface area (Å²) in [6.45, 7) is 1.87. The SMILES string of the molecule is CSCC(C)N(C)c1ccc(S(N)(=O)=O)c(C(F)(F)F)c1. The average Bonchev–Trinajstić information content (AvgIpc) is 2.35. The Kier molecular flexibility index (Phi) is 5.57. The summed E-state index contributed by atoms with van der Waals surface area (Å²) >= 11 is 1.57. The van der Waals surface area contributed by atoms with Crippen molar-refractivity contribution >= 4 is 27.5 Å². The van der Waals surface area contributed by atoms with Crippen molar-refractivity contribution in [1.29, 1.82) is 0 Å². The van der Waals surface area contributed by atoms with Gasteiger partial charge in [-0.1, -0.05) is 0 Å². The first-order chi connectivity index (χ1) is 9.48. The Hall–Kier alpha value is -0.930. The summed E-state index contributed by atoms with van der Waals surface area (Å²) in [7, 11) is -2.77. The van der Waals surface area contributed by atoms with Crippen LogP contribution in [0.15, 0.2) is 23.1 Å². The van der Waals surface area contributed by atoms with Gasteiger partial charge in [-0.3, -0.25) is 0 Å². The molecule has 1 aromatic carbocycles. The van der Waals surface area contributed by atoms with Crippen LogP contribution in [0.1, 0.15) is 12.5 Å². The number of anilines is 1. The summed E-state index contributed by atoms with van der Waals surface area (Å²) in [6, 6.07) is 3.04. The Morgan fingerprint density at radius 1 is 1.38 bits per heavy atom. The van der Waals surface area contributed by atoms with Crippen molar-refractivity contribution in [2.45, 2.75) is 24.0 Å². The van der Waals surface area contributed by atoms with Crippen LogP contribution in [0.25, 0.3) is 0 Å². The molecule has 0 radical (unpaired) electrons. The molecule has 4 nitrogen and oxygen atoms in total. The van der Waals surface area contributed by atoms with Gasteiger partial charge in [-0.25, -0.2) is 13.6 Å². The molecule has 120 valence electrons. The molecule has 0 aliphatic heterocycles. The van der Waals surface area contributed by atoms with Crippen molar-refractivity contribution in [2.75, 3.05) is 24.0 Å². The number of primary sulfonamides is 1. The molecular weight excluding hydrogens is 325 g/mol. The van der Waals surface area contributed by atoms with Gasteiger partial charge in [-0.15, -0.1) is 0 Å². The molecule has 0 aromatic heterocycles. The van der Waals surface area contributed by atoms with E-state index in [0.717, 1.165) is 17.9 Å². The van der Waals surface area contributed by atoms with Crippen LogP contribution in [0.5, 0.6) is 0 Å². The van der Waals surface area contributed by atoms with Gasteiger partial charge in [0.15, 0.2) is 0 Å². The number of hydrogen-bond donors (Lipinski definition) is 1. The van der Waals surface area contributed by atoms with Gasteiger partial charge in [0.05, 0.1) is 10.5 Å². The van der Waals surface area contributed by atoms with Crippen LogP contribution in [-0.2, 0) is 16.2 Å². The molecule has 0 heterocycles. The molecule has 0 spiro atoms. The lowest BCUT2D eigenvalue weighted by Crippen LogP contribution is -2.31. The van der Waals surface area contributed by atoms with Gasteiger partial charge in [-0.05, 0) is 31.4 Å². The van der Waals surface area contributed by atoms with Gasteiger partial charge in [0.1, 0.15) is 0 Å². The normalized spacial score (nSPS) is 14.0. The molecule has 0 fully saturated rings. The van der Waals surface area contributed by atoms with E-state index in [1.807, 2.05) is 13.2 Å². The summed E-state index contributed by atoms with van der Waals surface area (Å²) in [5.74, 6) is 0.731. The van der Waals surface area contributed by atoms with Crippen LogP contribution in [0.4, 0.5) is 18.9 Å². The molecule has 9 heteroatoms. The van der Waals surface area contributed by atoms with E-state index in [0.29, 0.717) is 0 Å². The molecule has 0 amide bonds. The Bertz CT molecular complexity index is 603. The van der Waals surface area contributed by atoms with Crippen LogP contribution in [0.2, 0.25) is 0 Å². The Morgan fingerprint density at radius 2 is 1.95 bits per heavy atom. The molecule has 21 heavy (non-hydrogen) atoms. The van der Waals surface area contributed by atoms with Crippen molar-refractivity contribution < 1.29 is 21.6 Å². The Balaban J connectivity index is 3.36. The first-order valence-electron chi connectivity index (χ1n) is 5.94. The minimum atomic E-state index is -4.79. The maximum atomic E-state index is 13.0. The molecule has 0 saturated heterocycles. The van der Waals surface area contributed by atoms with Gasteiger partial charge in [0, 0.05) is 24.5 Å². The minimum Gasteiger partial charge on any atom is -0.371 e. The predicted molar refractivity (Wildman–Crippen MR) is 79.1 cm³/mol. The average molecular weight is 342 g/mol. The summed E-state index contributed by atoms with van der Waals surface area (Å²) in [5, 5.41) is 4.84. The second kappa shape index (κ2) is 6.45. The fourth-order valence-electron chi connectivity index (χ4n) is 1.81. The highest BCUT2D eigenvalue weighted by atomic mass is 32.2. The molecule has 0 aliphatic rings. The van der Waals surface area contributed by atoms with E-state index >= 15 is 0 Å². The summed E-state index contributed by atoms with van der Waals surface area (Å²) in [5.41, 5.74) is -0.957. The third kappa shape index (κ3) is 4.52. The number of sulfonamides is 1. The maximum Gasteiger partial charge on any atom is 0.417 e. The summed E-state index contributed by atoms with van der Waals surface area (Å²) in [6.07, 6.45) is -2.89. The molecule has 0 saturated carbocycles.